The second kappa shape index (κ2) is 9.17. The van der Waals surface area contributed by atoms with Crippen molar-refractivity contribution in [3.8, 4) is 0 Å². The van der Waals surface area contributed by atoms with Gasteiger partial charge in [0.05, 0.1) is 26.2 Å². The van der Waals surface area contributed by atoms with Crippen LogP contribution in [0.2, 0.25) is 0 Å². The van der Waals surface area contributed by atoms with Crippen molar-refractivity contribution in [3.63, 3.8) is 0 Å². The van der Waals surface area contributed by atoms with E-state index in [0.29, 0.717) is 11.1 Å². The number of aromatic nitrogens is 2. The van der Waals surface area contributed by atoms with Crippen molar-refractivity contribution in [2.75, 3.05) is 6.54 Å². The quantitative estimate of drug-likeness (QED) is 0.341. The number of rotatable bonds is 5. The van der Waals surface area contributed by atoms with Crippen LogP contribution in [0.15, 0.2) is 53.0 Å². The van der Waals surface area contributed by atoms with Gasteiger partial charge in [0.2, 0.25) is 5.78 Å². The standard InChI is InChI=1S/C27H25N3O6S2/c1-15-5-7-17(8-6-15)38(34,35)30-13-16(9-10-28-26(33)36-27(2,3)4)22-23(30)25(32)18-11-20-21(37-14-29-20)12-19(18)24(22)31/h5-8,11-14H,9-10H2,1-4H3,(H,28,33). The zero-order valence-corrected chi connectivity index (χ0v) is 22.8. The van der Waals surface area contributed by atoms with Gasteiger partial charge in [-0.1, -0.05) is 17.7 Å². The van der Waals surface area contributed by atoms with E-state index in [-0.39, 0.29) is 40.2 Å². The van der Waals surface area contributed by atoms with E-state index < -0.39 is 33.3 Å². The van der Waals surface area contributed by atoms with Gasteiger partial charge < -0.3 is 10.1 Å². The summed E-state index contributed by atoms with van der Waals surface area (Å²) in [6, 6.07) is 9.40. The summed E-state index contributed by atoms with van der Waals surface area (Å²) in [4.78, 5) is 43.9. The molecule has 9 nitrogen and oxygen atoms in total. The molecule has 0 fully saturated rings. The van der Waals surface area contributed by atoms with Gasteiger partial charge in [-0.25, -0.2) is 22.2 Å². The summed E-state index contributed by atoms with van der Waals surface area (Å²) < 4.78 is 34.3. The predicted octanol–water partition coefficient (Wildman–Crippen LogP) is 4.49. The maximum atomic E-state index is 13.8. The van der Waals surface area contributed by atoms with E-state index in [0.717, 1.165) is 14.2 Å². The highest BCUT2D eigenvalue weighted by Crippen LogP contribution is 2.36. The highest BCUT2D eigenvalue weighted by atomic mass is 32.2. The molecule has 0 atom stereocenters. The molecule has 1 aliphatic carbocycles. The number of carbonyl (C=O) groups is 3. The van der Waals surface area contributed by atoms with Gasteiger partial charge in [-0.15, -0.1) is 11.3 Å². The second-order valence-corrected chi connectivity index (χ2v) is 12.7. The molecule has 2 aromatic heterocycles. The average Bonchev–Trinajstić information content (AvgIpc) is 3.46. The van der Waals surface area contributed by atoms with Crippen LogP contribution < -0.4 is 5.32 Å². The first-order valence-electron chi connectivity index (χ1n) is 11.9. The third-order valence-corrected chi connectivity index (χ3v) is 8.56. The van der Waals surface area contributed by atoms with E-state index in [2.05, 4.69) is 10.3 Å². The lowest BCUT2D eigenvalue weighted by Crippen LogP contribution is -2.33. The second-order valence-electron chi connectivity index (χ2n) is 10.0. The Labute approximate surface area is 223 Å². The first-order valence-corrected chi connectivity index (χ1v) is 14.2. The Morgan fingerprint density at radius 3 is 2.45 bits per heavy atom. The van der Waals surface area contributed by atoms with Crippen molar-refractivity contribution in [1.82, 2.24) is 14.3 Å². The third-order valence-electron chi connectivity index (χ3n) is 6.09. The molecule has 5 rings (SSSR count). The van der Waals surface area contributed by atoms with Crippen LogP contribution in [0.25, 0.3) is 10.2 Å². The van der Waals surface area contributed by atoms with Crippen molar-refractivity contribution >= 4 is 49.2 Å². The zero-order valence-electron chi connectivity index (χ0n) is 21.2. The first kappa shape index (κ1) is 25.8. The molecule has 2 aromatic carbocycles. The number of amides is 1. The van der Waals surface area contributed by atoms with Gasteiger partial charge in [0.25, 0.3) is 10.0 Å². The van der Waals surface area contributed by atoms with Gasteiger partial charge in [-0.3, -0.25) is 9.59 Å². The number of benzene rings is 2. The summed E-state index contributed by atoms with van der Waals surface area (Å²) in [6.45, 7) is 7.11. The minimum absolute atomic E-state index is 0.0136. The van der Waals surface area contributed by atoms with Crippen molar-refractivity contribution in [2.45, 2.75) is 44.6 Å². The fraction of sp³-hybridized carbons (Fsp3) is 0.259. The Balaban J connectivity index is 1.61. The largest absolute Gasteiger partial charge is 0.444 e. The van der Waals surface area contributed by atoms with E-state index in [1.807, 2.05) is 6.92 Å². The van der Waals surface area contributed by atoms with Gasteiger partial charge in [0.1, 0.15) is 11.3 Å². The van der Waals surface area contributed by atoms with E-state index in [4.69, 9.17) is 4.74 Å². The van der Waals surface area contributed by atoms with E-state index in [1.165, 1.54) is 35.7 Å². The number of carbonyl (C=O) groups excluding carboxylic acids is 3. The van der Waals surface area contributed by atoms with Crippen LogP contribution in [-0.2, 0) is 21.2 Å². The van der Waals surface area contributed by atoms with Crippen molar-refractivity contribution < 1.29 is 27.5 Å². The highest BCUT2D eigenvalue weighted by molar-refractivity contribution is 7.90. The number of ether oxygens (including phenoxy) is 1. The molecule has 38 heavy (non-hydrogen) atoms. The Hall–Kier alpha value is -3.83. The van der Waals surface area contributed by atoms with Gasteiger partial charge in [-0.05, 0) is 63.9 Å². The Kier molecular flexibility index (Phi) is 6.23. The van der Waals surface area contributed by atoms with E-state index in [9.17, 15) is 22.8 Å². The molecule has 11 heteroatoms. The third kappa shape index (κ3) is 4.52. The lowest BCUT2D eigenvalue weighted by atomic mass is 9.86. The fourth-order valence-corrected chi connectivity index (χ4v) is 6.44. The summed E-state index contributed by atoms with van der Waals surface area (Å²) in [5.41, 5.74) is 2.80. The molecule has 2 heterocycles. The van der Waals surface area contributed by atoms with Crippen molar-refractivity contribution in [2.24, 2.45) is 0 Å². The summed E-state index contributed by atoms with van der Waals surface area (Å²) in [7, 11) is -4.21. The molecular formula is C27H25N3O6S2. The summed E-state index contributed by atoms with van der Waals surface area (Å²) in [5, 5.41) is 2.62. The minimum atomic E-state index is -4.21. The molecule has 0 radical (unpaired) electrons. The van der Waals surface area contributed by atoms with Crippen LogP contribution in [0.4, 0.5) is 4.79 Å². The number of alkyl carbamates (subject to hydrolysis) is 1. The van der Waals surface area contributed by atoms with Crippen LogP contribution in [0.5, 0.6) is 0 Å². The topological polar surface area (TPSA) is 124 Å². The zero-order chi connectivity index (χ0) is 27.4. The fourth-order valence-electron chi connectivity index (χ4n) is 4.36. The number of nitrogens with one attached hydrogen (secondary N) is 1. The number of aryl methyl sites for hydroxylation is 1. The van der Waals surface area contributed by atoms with E-state index in [1.54, 1.807) is 44.5 Å². The summed E-state index contributed by atoms with van der Waals surface area (Å²) in [6.07, 6.45) is 0.770. The maximum Gasteiger partial charge on any atom is 0.407 e. The van der Waals surface area contributed by atoms with Crippen LogP contribution in [-0.4, -0.2) is 47.2 Å². The SMILES string of the molecule is Cc1ccc(S(=O)(=O)n2cc(CCNC(=O)OC(C)(C)C)c3c2C(=O)c2cc4ncsc4cc2C3=O)cc1. The molecule has 1 aliphatic rings. The van der Waals surface area contributed by atoms with Crippen LogP contribution in [0.1, 0.15) is 63.9 Å². The summed E-state index contributed by atoms with van der Waals surface area (Å²) in [5.74, 6) is -1.03. The predicted molar refractivity (Wildman–Crippen MR) is 143 cm³/mol. The molecule has 0 saturated carbocycles. The lowest BCUT2D eigenvalue weighted by Gasteiger charge is -2.20. The van der Waals surface area contributed by atoms with Crippen LogP contribution >= 0.6 is 11.3 Å². The van der Waals surface area contributed by atoms with Gasteiger partial charge in [0.15, 0.2) is 5.78 Å². The number of hydrogen-bond donors (Lipinski definition) is 1. The molecule has 0 bridgehead atoms. The minimum Gasteiger partial charge on any atom is -0.444 e. The maximum absolute atomic E-state index is 13.8. The number of hydrogen-bond acceptors (Lipinski definition) is 8. The Morgan fingerprint density at radius 1 is 1.08 bits per heavy atom. The Morgan fingerprint density at radius 2 is 1.76 bits per heavy atom. The van der Waals surface area contributed by atoms with Gasteiger partial charge >= 0.3 is 6.09 Å². The molecule has 196 valence electrons. The molecule has 0 saturated heterocycles. The molecule has 1 N–H and O–H groups in total. The lowest BCUT2D eigenvalue weighted by molar-refractivity contribution is 0.0528. The number of fused-ring (bicyclic) bond motifs is 3. The highest BCUT2D eigenvalue weighted by Gasteiger charge is 2.39. The smallest absolute Gasteiger partial charge is 0.407 e. The average molecular weight is 552 g/mol. The van der Waals surface area contributed by atoms with E-state index >= 15 is 0 Å². The summed E-state index contributed by atoms with van der Waals surface area (Å²) >= 11 is 1.34. The number of thiazole rings is 1. The van der Waals surface area contributed by atoms with Crippen molar-refractivity contribution in [3.05, 3.63) is 81.6 Å². The number of nitrogens with zero attached hydrogens (tertiary/aromatic N) is 2. The molecule has 0 unspecified atom stereocenters. The molecule has 1 amide bonds. The molecule has 0 spiro atoms. The molecular weight excluding hydrogens is 526 g/mol. The monoisotopic (exact) mass is 551 g/mol. The van der Waals surface area contributed by atoms with Gasteiger partial charge in [0, 0.05) is 23.9 Å². The van der Waals surface area contributed by atoms with Crippen LogP contribution in [0, 0.1) is 6.92 Å². The Bertz CT molecular complexity index is 1720. The van der Waals surface area contributed by atoms with Crippen molar-refractivity contribution in [1.29, 1.82) is 0 Å². The van der Waals surface area contributed by atoms with Gasteiger partial charge in [-0.2, -0.15) is 0 Å². The normalized spacial score (nSPS) is 13.4. The van der Waals surface area contributed by atoms with Crippen LogP contribution in [0.3, 0.4) is 0 Å². The molecule has 4 aromatic rings. The number of ketones is 2. The first-order chi connectivity index (χ1) is 17.9. The molecule has 0 aliphatic heterocycles.